The van der Waals surface area contributed by atoms with Crippen LogP contribution in [0.3, 0.4) is 0 Å². The molecule has 2 saturated heterocycles. The van der Waals surface area contributed by atoms with Crippen LogP contribution >= 0.6 is 0 Å². The average molecular weight is 600 g/mol. The van der Waals surface area contributed by atoms with Crippen molar-refractivity contribution in [3.8, 4) is 5.75 Å². The molecule has 2 fully saturated rings. The molecule has 6 rings (SSSR count). The molecule has 9 heteroatoms. The maximum absolute atomic E-state index is 14.8. The summed E-state index contributed by atoms with van der Waals surface area (Å²) in [5, 5.41) is 10.6. The highest BCUT2D eigenvalue weighted by atomic mass is 16.5. The molecule has 0 aliphatic carbocycles. The molecule has 4 aliphatic rings. The Morgan fingerprint density at radius 2 is 1.64 bits per heavy atom. The van der Waals surface area contributed by atoms with Gasteiger partial charge in [0.1, 0.15) is 17.4 Å². The summed E-state index contributed by atoms with van der Waals surface area (Å²) in [5.74, 6) is -2.08. The van der Waals surface area contributed by atoms with Crippen LogP contribution in [0.5, 0.6) is 5.75 Å². The Hall–Kier alpha value is -3.95. The van der Waals surface area contributed by atoms with Crippen molar-refractivity contribution in [3.63, 3.8) is 0 Å². The highest BCUT2D eigenvalue weighted by molar-refractivity contribution is 6.08. The second-order valence-corrected chi connectivity index (χ2v) is 12.5. The summed E-state index contributed by atoms with van der Waals surface area (Å²) in [5.41, 5.74) is 2.00. The SMILES string of the molecule is CCOc1ccc(N2CC=C[C@H]3O[C@]45C=CCN(c6c(C)cccc6C)C(=O)C4N([C@@H](CO)C(C)C)C(=O)[C@@H]5[C@H]3C2=O)cc1. The lowest BCUT2D eigenvalue weighted by molar-refractivity contribution is -0.145. The molecule has 6 atom stereocenters. The molecule has 4 heterocycles. The molecule has 2 aromatic carbocycles. The number of aryl methyl sites for hydroxylation is 2. The van der Waals surface area contributed by atoms with Crippen LogP contribution < -0.4 is 14.5 Å². The number of carbonyl (C=O) groups is 3. The van der Waals surface area contributed by atoms with Crippen molar-refractivity contribution in [1.29, 1.82) is 0 Å². The van der Waals surface area contributed by atoms with E-state index in [0.717, 1.165) is 16.8 Å². The number of aliphatic hydroxyl groups is 1. The van der Waals surface area contributed by atoms with Crippen molar-refractivity contribution in [2.75, 3.05) is 36.1 Å². The number of rotatable bonds is 7. The largest absolute Gasteiger partial charge is 0.494 e. The molecule has 4 aliphatic heterocycles. The van der Waals surface area contributed by atoms with Crippen LogP contribution in [0.4, 0.5) is 11.4 Å². The topological polar surface area (TPSA) is 99.6 Å². The van der Waals surface area contributed by atoms with E-state index in [-0.39, 0.29) is 30.2 Å². The Morgan fingerprint density at radius 1 is 0.955 bits per heavy atom. The van der Waals surface area contributed by atoms with Gasteiger partial charge in [-0.1, -0.05) is 56.4 Å². The molecule has 0 bridgehead atoms. The molecule has 0 radical (unpaired) electrons. The molecule has 2 aromatic rings. The van der Waals surface area contributed by atoms with E-state index in [1.54, 1.807) is 9.80 Å². The van der Waals surface area contributed by atoms with Gasteiger partial charge in [-0.2, -0.15) is 0 Å². The monoisotopic (exact) mass is 599 g/mol. The summed E-state index contributed by atoms with van der Waals surface area (Å²) in [6, 6.07) is 11.5. The van der Waals surface area contributed by atoms with Crippen molar-refractivity contribution < 1.29 is 29.0 Å². The van der Waals surface area contributed by atoms with E-state index < -0.39 is 35.6 Å². The van der Waals surface area contributed by atoms with Gasteiger partial charge in [0.05, 0.1) is 37.2 Å². The van der Waals surface area contributed by atoms with Crippen molar-refractivity contribution in [3.05, 3.63) is 77.9 Å². The fourth-order valence-corrected chi connectivity index (χ4v) is 7.61. The fraction of sp³-hybridized carbons (Fsp3) is 0.457. The molecule has 0 saturated carbocycles. The smallest absolute Gasteiger partial charge is 0.253 e. The highest BCUT2D eigenvalue weighted by Crippen LogP contribution is 2.54. The first kappa shape index (κ1) is 30.1. The number of ether oxygens (including phenoxy) is 2. The summed E-state index contributed by atoms with van der Waals surface area (Å²) in [6.07, 6.45) is 6.80. The summed E-state index contributed by atoms with van der Waals surface area (Å²) in [6.45, 7) is 10.5. The van der Waals surface area contributed by atoms with Crippen LogP contribution in [0.1, 0.15) is 31.9 Å². The third kappa shape index (κ3) is 4.56. The van der Waals surface area contributed by atoms with Gasteiger partial charge in [0.25, 0.3) is 5.91 Å². The normalized spacial score (nSPS) is 28.6. The molecule has 44 heavy (non-hydrogen) atoms. The number of hydrogen-bond donors (Lipinski definition) is 1. The number of fused-ring (bicyclic) bond motifs is 2. The summed E-state index contributed by atoms with van der Waals surface area (Å²) in [7, 11) is 0. The molecule has 1 unspecified atom stereocenters. The second kappa shape index (κ2) is 11.5. The highest BCUT2D eigenvalue weighted by Gasteiger charge is 2.72. The van der Waals surface area contributed by atoms with Crippen molar-refractivity contribution >= 4 is 29.1 Å². The second-order valence-electron chi connectivity index (χ2n) is 12.5. The number of nitrogens with zero attached hydrogens (tertiary/aromatic N) is 3. The Balaban J connectivity index is 1.46. The van der Waals surface area contributed by atoms with E-state index >= 15 is 0 Å². The minimum absolute atomic E-state index is 0.144. The van der Waals surface area contributed by atoms with Gasteiger partial charge < -0.3 is 29.3 Å². The van der Waals surface area contributed by atoms with Gasteiger partial charge in [-0.05, 0) is 62.1 Å². The average Bonchev–Trinajstić information content (AvgIpc) is 3.30. The molecule has 232 valence electrons. The molecule has 0 aromatic heterocycles. The van der Waals surface area contributed by atoms with Crippen molar-refractivity contribution in [2.24, 2.45) is 17.8 Å². The van der Waals surface area contributed by atoms with Gasteiger partial charge in [0, 0.05) is 24.5 Å². The van der Waals surface area contributed by atoms with Crippen molar-refractivity contribution in [1.82, 2.24) is 4.90 Å². The van der Waals surface area contributed by atoms with Crippen LogP contribution in [0.25, 0.3) is 0 Å². The van der Waals surface area contributed by atoms with Gasteiger partial charge in [-0.3, -0.25) is 14.4 Å². The maximum atomic E-state index is 14.8. The fourth-order valence-electron chi connectivity index (χ4n) is 7.61. The van der Waals surface area contributed by atoms with Crippen molar-refractivity contribution in [2.45, 2.75) is 58.4 Å². The number of benzene rings is 2. The Bertz CT molecular complexity index is 1500. The lowest BCUT2D eigenvalue weighted by Gasteiger charge is -2.40. The number of anilines is 2. The Morgan fingerprint density at radius 3 is 2.27 bits per heavy atom. The van der Waals surface area contributed by atoms with Gasteiger partial charge in [0.2, 0.25) is 11.8 Å². The quantitative estimate of drug-likeness (QED) is 0.486. The van der Waals surface area contributed by atoms with Crippen LogP contribution in [0, 0.1) is 31.6 Å². The molecule has 1 spiro atoms. The molecule has 3 amide bonds. The molecular weight excluding hydrogens is 558 g/mol. The van der Waals surface area contributed by atoms with E-state index in [0.29, 0.717) is 31.1 Å². The number of aliphatic hydroxyl groups excluding tert-OH is 1. The first-order valence-corrected chi connectivity index (χ1v) is 15.5. The standard InChI is InChI=1S/C35H41N3O6/c1-6-43-25-15-13-24(14-16-25)36-18-8-12-27-28(32(36)40)29-33(41)38(26(20-39)21(2)3)31-34(42)37(19-9-17-35(29,31)44-27)30-22(4)10-7-11-23(30)5/h7-17,21,26-29,31,39H,6,18-20H2,1-5H3/t26-,27+,28-,29-,31?,35-/m0/s1. The maximum Gasteiger partial charge on any atom is 0.253 e. The van der Waals surface area contributed by atoms with Gasteiger partial charge >= 0.3 is 0 Å². The Labute approximate surface area is 258 Å². The lowest BCUT2D eigenvalue weighted by Crippen LogP contribution is -2.59. The first-order valence-electron chi connectivity index (χ1n) is 15.5. The van der Waals surface area contributed by atoms with Crippen LogP contribution in [-0.4, -0.2) is 77.8 Å². The van der Waals surface area contributed by atoms with E-state index in [4.69, 9.17) is 9.47 Å². The summed E-state index contributed by atoms with van der Waals surface area (Å²) in [4.78, 5) is 48.9. The minimum Gasteiger partial charge on any atom is -0.494 e. The van der Waals surface area contributed by atoms with E-state index in [1.165, 1.54) is 4.90 Å². The van der Waals surface area contributed by atoms with Gasteiger partial charge in [-0.25, -0.2) is 0 Å². The third-order valence-electron chi connectivity index (χ3n) is 9.58. The van der Waals surface area contributed by atoms with Gasteiger partial charge in [-0.15, -0.1) is 0 Å². The van der Waals surface area contributed by atoms with E-state index in [2.05, 4.69) is 0 Å². The predicted octanol–water partition coefficient (Wildman–Crippen LogP) is 3.81. The zero-order valence-electron chi connectivity index (χ0n) is 26.0. The zero-order chi connectivity index (χ0) is 31.3. The van der Waals surface area contributed by atoms with Crippen LogP contribution in [-0.2, 0) is 19.1 Å². The third-order valence-corrected chi connectivity index (χ3v) is 9.58. The van der Waals surface area contributed by atoms with E-state index in [9.17, 15) is 19.5 Å². The number of hydrogen-bond acceptors (Lipinski definition) is 6. The minimum atomic E-state index is -1.38. The number of likely N-dealkylation sites (tertiary alicyclic amines) is 1. The van der Waals surface area contributed by atoms with E-state index in [1.807, 2.05) is 101 Å². The van der Waals surface area contributed by atoms with Crippen LogP contribution in [0.2, 0.25) is 0 Å². The number of carbonyl (C=O) groups excluding carboxylic acids is 3. The molecular formula is C35H41N3O6. The number of amides is 3. The van der Waals surface area contributed by atoms with Crippen LogP contribution in [0.15, 0.2) is 66.8 Å². The summed E-state index contributed by atoms with van der Waals surface area (Å²) < 4.78 is 12.4. The molecule has 1 N–H and O–H groups in total. The Kier molecular flexibility index (Phi) is 7.88. The lowest BCUT2D eigenvalue weighted by atomic mass is 9.77. The summed E-state index contributed by atoms with van der Waals surface area (Å²) >= 11 is 0. The predicted molar refractivity (Wildman–Crippen MR) is 167 cm³/mol. The van der Waals surface area contributed by atoms with Gasteiger partial charge in [0.15, 0.2) is 0 Å². The number of para-hydroxylation sites is 1. The first-order chi connectivity index (χ1) is 21.1. The molecule has 9 nitrogen and oxygen atoms in total. The zero-order valence-corrected chi connectivity index (χ0v) is 26.0.